The van der Waals surface area contributed by atoms with Crippen LogP contribution in [0.25, 0.3) is 11.5 Å². The highest BCUT2D eigenvalue weighted by atomic mass is 16.4. The Morgan fingerprint density at radius 1 is 1.50 bits per heavy atom. The van der Waals surface area contributed by atoms with E-state index in [0.29, 0.717) is 24.7 Å². The smallest absolute Gasteiger partial charge is 0.250 e. The van der Waals surface area contributed by atoms with Gasteiger partial charge in [0.25, 0.3) is 5.89 Å². The monoisotopic (exact) mass is 193 g/mol. The zero-order chi connectivity index (χ0) is 9.97. The van der Waals surface area contributed by atoms with E-state index in [0.717, 1.165) is 5.56 Å². The number of aryl methyl sites for hydroxylation is 1. The van der Waals surface area contributed by atoms with Crippen molar-refractivity contribution in [1.29, 1.82) is 0 Å². The third-order valence-electron chi connectivity index (χ3n) is 1.78. The Bertz CT molecular complexity index is 419. The van der Waals surface area contributed by atoms with Gasteiger partial charge in [-0.3, -0.25) is 4.68 Å². The molecule has 0 aliphatic rings. The highest BCUT2D eigenvalue weighted by Gasteiger charge is 2.08. The van der Waals surface area contributed by atoms with Gasteiger partial charge in [-0.15, -0.1) is 10.2 Å². The highest BCUT2D eigenvalue weighted by Crippen LogP contribution is 2.15. The van der Waals surface area contributed by atoms with Crippen LogP contribution in [0.5, 0.6) is 0 Å². The summed E-state index contributed by atoms with van der Waals surface area (Å²) in [5.41, 5.74) is 6.19. The molecule has 2 aromatic rings. The molecule has 2 heterocycles. The van der Waals surface area contributed by atoms with Crippen molar-refractivity contribution in [2.45, 2.75) is 6.42 Å². The van der Waals surface area contributed by atoms with E-state index < -0.39 is 0 Å². The molecule has 0 aromatic carbocycles. The van der Waals surface area contributed by atoms with Gasteiger partial charge in [0.05, 0.1) is 11.8 Å². The van der Waals surface area contributed by atoms with Crippen LogP contribution in [-0.2, 0) is 13.5 Å². The predicted octanol–water partition coefficient (Wildman–Crippen LogP) is -0.0287. The maximum absolute atomic E-state index is 5.37. The molecule has 0 aliphatic heterocycles. The van der Waals surface area contributed by atoms with Gasteiger partial charge in [0.1, 0.15) is 0 Å². The van der Waals surface area contributed by atoms with Crippen LogP contribution in [0.15, 0.2) is 16.8 Å². The SMILES string of the molecule is Cn1cc(-c2nnc(CCN)o2)cn1. The summed E-state index contributed by atoms with van der Waals surface area (Å²) in [5, 5.41) is 11.8. The van der Waals surface area contributed by atoms with Crippen LogP contribution in [0, 0.1) is 0 Å². The summed E-state index contributed by atoms with van der Waals surface area (Å²) in [6.45, 7) is 0.509. The van der Waals surface area contributed by atoms with Gasteiger partial charge in [0.15, 0.2) is 0 Å². The Balaban J connectivity index is 2.24. The first-order valence-electron chi connectivity index (χ1n) is 4.31. The molecule has 0 fully saturated rings. The Labute approximate surface area is 80.7 Å². The second kappa shape index (κ2) is 3.59. The van der Waals surface area contributed by atoms with E-state index in [9.17, 15) is 0 Å². The number of aromatic nitrogens is 4. The van der Waals surface area contributed by atoms with Crippen molar-refractivity contribution in [2.24, 2.45) is 12.8 Å². The summed E-state index contributed by atoms with van der Waals surface area (Å²) >= 11 is 0. The maximum atomic E-state index is 5.37. The van der Waals surface area contributed by atoms with Gasteiger partial charge in [0, 0.05) is 26.2 Å². The summed E-state index contributed by atoms with van der Waals surface area (Å²) in [7, 11) is 1.83. The van der Waals surface area contributed by atoms with E-state index in [1.807, 2.05) is 13.2 Å². The van der Waals surface area contributed by atoms with E-state index >= 15 is 0 Å². The molecule has 0 aliphatic carbocycles. The molecule has 2 aromatic heterocycles. The number of nitrogens with zero attached hydrogens (tertiary/aromatic N) is 4. The third kappa shape index (κ3) is 1.64. The van der Waals surface area contributed by atoms with Crippen LogP contribution in [0.3, 0.4) is 0 Å². The molecular formula is C8H11N5O. The Kier molecular flexibility index (Phi) is 2.28. The molecule has 0 amide bonds. The molecular weight excluding hydrogens is 182 g/mol. The van der Waals surface area contributed by atoms with Crippen LogP contribution in [0.2, 0.25) is 0 Å². The zero-order valence-corrected chi connectivity index (χ0v) is 7.84. The molecule has 6 heteroatoms. The van der Waals surface area contributed by atoms with Gasteiger partial charge >= 0.3 is 0 Å². The van der Waals surface area contributed by atoms with Crippen molar-refractivity contribution in [3.05, 3.63) is 18.3 Å². The molecule has 0 spiro atoms. The van der Waals surface area contributed by atoms with Crippen LogP contribution in [-0.4, -0.2) is 26.5 Å². The first-order chi connectivity index (χ1) is 6.79. The number of hydrogen-bond acceptors (Lipinski definition) is 5. The molecule has 2 rings (SSSR count). The van der Waals surface area contributed by atoms with Crippen molar-refractivity contribution >= 4 is 0 Å². The molecule has 0 unspecified atom stereocenters. The van der Waals surface area contributed by atoms with Crippen molar-refractivity contribution in [3.8, 4) is 11.5 Å². The van der Waals surface area contributed by atoms with E-state index in [1.165, 1.54) is 0 Å². The van der Waals surface area contributed by atoms with Crippen LogP contribution in [0.1, 0.15) is 5.89 Å². The summed E-state index contributed by atoms with van der Waals surface area (Å²) in [4.78, 5) is 0. The third-order valence-corrected chi connectivity index (χ3v) is 1.78. The van der Waals surface area contributed by atoms with Gasteiger partial charge in [-0.05, 0) is 0 Å². The van der Waals surface area contributed by atoms with E-state index in [4.69, 9.17) is 10.2 Å². The second-order valence-electron chi connectivity index (χ2n) is 2.94. The minimum atomic E-state index is 0.488. The standard InChI is InChI=1S/C8H11N5O/c1-13-5-6(4-10-13)8-12-11-7(14-8)2-3-9/h4-5H,2-3,9H2,1H3. The largest absolute Gasteiger partial charge is 0.421 e. The summed E-state index contributed by atoms with van der Waals surface area (Å²) in [5.74, 6) is 1.05. The predicted molar refractivity (Wildman–Crippen MR) is 49.3 cm³/mol. The average Bonchev–Trinajstić information content (AvgIpc) is 2.74. The van der Waals surface area contributed by atoms with Gasteiger partial charge in [-0.1, -0.05) is 0 Å². The Morgan fingerprint density at radius 2 is 2.36 bits per heavy atom. The molecule has 0 radical (unpaired) electrons. The topological polar surface area (TPSA) is 82.8 Å². The quantitative estimate of drug-likeness (QED) is 0.740. The van der Waals surface area contributed by atoms with Crippen LogP contribution >= 0.6 is 0 Å². The zero-order valence-electron chi connectivity index (χ0n) is 7.84. The normalized spacial score (nSPS) is 10.7. The molecule has 2 N–H and O–H groups in total. The fourth-order valence-corrected chi connectivity index (χ4v) is 1.13. The fraction of sp³-hybridized carbons (Fsp3) is 0.375. The van der Waals surface area contributed by atoms with E-state index in [2.05, 4.69) is 15.3 Å². The maximum Gasteiger partial charge on any atom is 0.250 e. The first kappa shape index (κ1) is 8.89. The van der Waals surface area contributed by atoms with Gasteiger partial charge in [-0.2, -0.15) is 5.10 Å². The molecule has 0 bridgehead atoms. The molecule has 74 valence electrons. The molecule has 0 saturated carbocycles. The summed E-state index contributed by atoms with van der Waals surface area (Å²) in [6.07, 6.45) is 4.10. The van der Waals surface area contributed by atoms with Crippen molar-refractivity contribution in [3.63, 3.8) is 0 Å². The number of rotatable bonds is 3. The molecule has 0 saturated heterocycles. The summed E-state index contributed by atoms with van der Waals surface area (Å²) < 4.78 is 7.05. The minimum absolute atomic E-state index is 0.488. The van der Waals surface area contributed by atoms with Crippen molar-refractivity contribution < 1.29 is 4.42 Å². The average molecular weight is 193 g/mol. The van der Waals surface area contributed by atoms with Gasteiger partial charge in [0.2, 0.25) is 5.89 Å². The van der Waals surface area contributed by atoms with Gasteiger partial charge in [-0.25, -0.2) is 0 Å². The number of hydrogen-bond donors (Lipinski definition) is 1. The van der Waals surface area contributed by atoms with Crippen molar-refractivity contribution in [1.82, 2.24) is 20.0 Å². The molecule has 14 heavy (non-hydrogen) atoms. The Morgan fingerprint density at radius 3 is 3.00 bits per heavy atom. The lowest BCUT2D eigenvalue weighted by molar-refractivity contribution is 0.507. The summed E-state index contributed by atoms with van der Waals surface area (Å²) in [6, 6.07) is 0. The molecule has 0 atom stereocenters. The highest BCUT2D eigenvalue weighted by molar-refractivity contribution is 5.48. The Hall–Kier alpha value is -1.69. The lowest BCUT2D eigenvalue weighted by Gasteiger charge is -1.87. The fourth-order valence-electron chi connectivity index (χ4n) is 1.13. The first-order valence-corrected chi connectivity index (χ1v) is 4.31. The molecule has 6 nitrogen and oxygen atoms in total. The second-order valence-corrected chi connectivity index (χ2v) is 2.94. The van der Waals surface area contributed by atoms with E-state index in [-0.39, 0.29) is 0 Å². The van der Waals surface area contributed by atoms with Gasteiger partial charge < -0.3 is 10.2 Å². The van der Waals surface area contributed by atoms with E-state index in [1.54, 1.807) is 10.9 Å². The minimum Gasteiger partial charge on any atom is -0.421 e. The lowest BCUT2D eigenvalue weighted by Crippen LogP contribution is -2.02. The van der Waals surface area contributed by atoms with Crippen LogP contribution in [0.4, 0.5) is 0 Å². The van der Waals surface area contributed by atoms with Crippen molar-refractivity contribution in [2.75, 3.05) is 6.54 Å². The number of nitrogens with two attached hydrogens (primary N) is 1. The lowest BCUT2D eigenvalue weighted by atomic mass is 10.4. The van der Waals surface area contributed by atoms with Crippen LogP contribution < -0.4 is 5.73 Å².